The van der Waals surface area contributed by atoms with Crippen molar-refractivity contribution in [1.29, 1.82) is 0 Å². The summed E-state index contributed by atoms with van der Waals surface area (Å²) in [7, 11) is 0. The molecule has 1 saturated carbocycles. The minimum Gasteiger partial charge on any atom is -0.474 e. The third-order valence-electron chi connectivity index (χ3n) is 3.86. The summed E-state index contributed by atoms with van der Waals surface area (Å²) in [6, 6.07) is 8.48. The molecule has 21 heavy (non-hydrogen) atoms. The van der Waals surface area contributed by atoms with E-state index in [4.69, 9.17) is 10.5 Å². The van der Waals surface area contributed by atoms with Gasteiger partial charge < -0.3 is 10.5 Å². The first-order valence-corrected chi connectivity index (χ1v) is 7.09. The summed E-state index contributed by atoms with van der Waals surface area (Å²) >= 11 is 0. The summed E-state index contributed by atoms with van der Waals surface area (Å²) < 4.78 is 5.89. The first kappa shape index (κ1) is 13.8. The van der Waals surface area contributed by atoms with Crippen LogP contribution in [0.15, 0.2) is 30.3 Å². The lowest BCUT2D eigenvalue weighted by Crippen LogP contribution is -2.31. The lowest BCUT2D eigenvalue weighted by Gasteiger charge is -2.26. The van der Waals surface area contributed by atoms with E-state index in [-0.39, 0.29) is 17.8 Å². The molecule has 0 bridgehead atoms. The average Bonchev–Trinajstić information content (AvgIpc) is 2.49. The van der Waals surface area contributed by atoms with Crippen molar-refractivity contribution in [1.82, 2.24) is 4.98 Å². The van der Waals surface area contributed by atoms with Crippen LogP contribution >= 0.6 is 0 Å². The number of nitrogens with zero attached hydrogens (tertiary/aromatic N) is 2. The van der Waals surface area contributed by atoms with Gasteiger partial charge in [0, 0.05) is 29.6 Å². The van der Waals surface area contributed by atoms with Crippen LogP contribution in [0, 0.1) is 10.1 Å². The van der Waals surface area contributed by atoms with E-state index in [2.05, 4.69) is 4.98 Å². The van der Waals surface area contributed by atoms with Gasteiger partial charge in [-0.05, 0) is 37.8 Å². The van der Waals surface area contributed by atoms with Gasteiger partial charge in [0.2, 0.25) is 5.88 Å². The van der Waals surface area contributed by atoms with Crippen molar-refractivity contribution >= 4 is 16.6 Å². The van der Waals surface area contributed by atoms with Crippen LogP contribution in [0.25, 0.3) is 10.9 Å². The molecule has 0 spiro atoms. The molecule has 6 nitrogen and oxygen atoms in total. The molecule has 110 valence electrons. The van der Waals surface area contributed by atoms with Crippen LogP contribution in [0.4, 0.5) is 5.69 Å². The summed E-state index contributed by atoms with van der Waals surface area (Å²) in [6.45, 7) is 0. The van der Waals surface area contributed by atoms with Crippen LogP contribution in [0.1, 0.15) is 25.7 Å². The number of non-ortho nitro benzene ring substituents is 1. The number of benzene rings is 1. The van der Waals surface area contributed by atoms with Crippen molar-refractivity contribution < 1.29 is 9.66 Å². The molecular weight excluding hydrogens is 270 g/mol. The molecule has 6 heteroatoms. The number of nitro benzene ring substituents is 1. The number of ether oxygens (including phenoxy) is 1. The third kappa shape index (κ3) is 3.11. The monoisotopic (exact) mass is 287 g/mol. The Morgan fingerprint density at radius 1 is 1.19 bits per heavy atom. The largest absolute Gasteiger partial charge is 0.474 e. The molecule has 0 aliphatic heterocycles. The molecule has 2 aromatic rings. The maximum atomic E-state index is 10.8. The van der Waals surface area contributed by atoms with Crippen LogP contribution in [0.2, 0.25) is 0 Å². The highest BCUT2D eigenvalue weighted by Gasteiger charge is 2.20. The molecule has 1 aromatic carbocycles. The Hall–Kier alpha value is -2.21. The summed E-state index contributed by atoms with van der Waals surface area (Å²) in [5.74, 6) is 0.567. The number of rotatable bonds is 3. The molecule has 3 rings (SSSR count). The van der Waals surface area contributed by atoms with Gasteiger partial charge in [-0.1, -0.05) is 0 Å². The Morgan fingerprint density at radius 3 is 2.67 bits per heavy atom. The SMILES string of the molecule is NC1CCC(Oc2ccc3cc([N+](=O)[O-])ccc3n2)CC1. The first-order valence-electron chi connectivity index (χ1n) is 7.09. The van der Waals surface area contributed by atoms with Gasteiger partial charge in [0.25, 0.3) is 5.69 Å². The van der Waals surface area contributed by atoms with Gasteiger partial charge >= 0.3 is 0 Å². The Morgan fingerprint density at radius 2 is 1.95 bits per heavy atom. The second kappa shape index (κ2) is 5.65. The predicted octanol–water partition coefficient (Wildman–Crippen LogP) is 2.79. The van der Waals surface area contributed by atoms with E-state index in [1.807, 2.05) is 0 Å². The lowest BCUT2D eigenvalue weighted by atomic mass is 9.94. The molecule has 0 radical (unpaired) electrons. The van der Waals surface area contributed by atoms with Crippen molar-refractivity contribution in [2.45, 2.75) is 37.8 Å². The number of pyridine rings is 1. The highest BCUT2D eigenvalue weighted by atomic mass is 16.6. The summed E-state index contributed by atoms with van der Waals surface area (Å²) in [5.41, 5.74) is 6.65. The van der Waals surface area contributed by atoms with E-state index < -0.39 is 4.92 Å². The van der Waals surface area contributed by atoms with Crippen LogP contribution < -0.4 is 10.5 Å². The zero-order valence-electron chi connectivity index (χ0n) is 11.6. The summed E-state index contributed by atoms with van der Waals surface area (Å²) in [4.78, 5) is 14.8. The summed E-state index contributed by atoms with van der Waals surface area (Å²) in [5, 5.41) is 11.5. The number of nitro groups is 1. The van der Waals surface area contributed by atoms with Gasteiger partial charge in [-0.15, -0.1) is 0 Å². The van der Waals surface area contributed by atoms with E-state index in [1.54, 1.807) is 18.2 Å². The first-order chi connectivity index (χ1) is 10.1. The maximum absolute atomic E-state index is 10.8. The number of nitrogens with two attached hydrogens (primary N) is 1. The van der Waals surface area contributed by atoms with Crippen molar-refractivity contribution in [3.63, 3.8) is 0 Å². The van der Waals surface area contributed by atoms with Gasteiger partial charge in [-0.2, -0.15) is 0 Å². The van der Waals surface area contributed by atoms with Crippen LogP contribution in [-0.4, -0.2) is 22.1 Å². The Bertz CT molecular complexity index is 666. The fraction of sp³-hybridized carbons (Fsp3) is 0.400. The van der Waals surface area contributed by atoms with Gasteiger partial charge in [0.1, 0.15) is 6.10 Å². The Balaban J connectivity index is 1.78. The molecule has 1 aliphatic rings. The Kier molecular flexibility index (Phi) is 3.70. The van der Waals surface area contributed by atoms with E-state index in [1.165, 1.54) is 12.1 Å². The van der Waals surface area contributed by atoms with Crippen molar-refractivity contribution in [2.75, 3.05) is 0 Å². The molecule has 1 aromatic heterocycles. The van der Waals surface area contributed by atoms with Crippen LogP contribution in [0.3, 0.4) is 0 Å². The highest BCUT2D eigenvalue weighted by molar-refractivity contribution is 5.81. The quantitative estimate of drug-likeness (QED) is 0.692. The second-order valence-electron chi connectivity index (χ2n) is 5.44. The van der Waals surface area contributed by atoms with Crippen LogP contribution in [0.5, 0.6) is 5.88 Å². The number of hydrogen-bond donors (Lipinski definition) is 1. The zero-order chi connectivity index (χ0) is 14.8. The normalized spacial score (nSPS) is 22.1. The lowest BCUT2D eigenvalue weighted by molar-refractivity contribution is -0.384. The van der Waals surface area contributed by atoms with Crippen molar-refractivity contribution in [3.8, 4) is 5.88 Å². The molecule has 0 amide bonds. The van der Waals surface area contributed by atoms with E-state index in [0.717, 1.165) is 31.1 Å². The number of hydrogen-bond acceptors (Lipinski definition) is 5. The predicted molar refractivity (Wildman–Crippen MR) is 79.3 cm³/mol. The molecule has 1 fully saturated rings. The standard InChI is InChI=1S/C15H17N3O3/c16-11-2-5-13(6-3-11)21-15-8-1-10-9-12(18(19)20)4-7-14(10)17-15/h1,4,7-9,11,13H,2-3,5-6,16H2. The minimum absolute atomic E-state index is 0.0687. The maximum Gasteiger partial charge on any atom is 0.270 e. The number of aromatic nitrogens is 1. The minimum atomic E-state index is -0.408. The second-order valence-corrected chi connectivity index (χ2v) is 5.44. The molecule has 0 unspecified atom stereocenters. The van der Waals surface area contributed by atoms with Gasteiger partial charge in [0.05, 0.1) is 10.4 Å². The van der Waals surface area contributed by atoms with E-state index >= 15 is 0 Å². The zero-order valence-corrected chi connectivity index (χ0v) is 11.6. The highest BCUT2D eigenvalue weighted by Crippen LogP contribution is 2.25. The molecule has 0 atom stereocenters. The van der Waals surface area contributed by atoms with Crippen LogP contribution in [-0.2, 0) is 0 Å². The van der Waals surface area contributed by atoms with Gasteiger partial charge in [0.15, 0.2) is 0 Å². The topological polar surface area (TPSA) is 91.3 Å². The van der Waals surface area contributed by atoms with Gasteiger partial charge in [-0.25, -0.2) is 4.98 Å². The number of fused-ring (bicyclic) bond motifs is 1. The fourth-order valence-corrected chi connectivity index (χ4v) is 2.65. The van der Waals surface area contributed by atoms with Crippen molar-refractivity contribution in [2.24, 2.45) is 5.73 Å². The fourth-order valence-electron chi connectivity index (χ4n) is 2.65. The molecule has 1 aliphatic carbocycles. The van der Waals surface area contributed by atoms with E-state index in [9.17, 15) is 10.1 Å². The van der Waals surface area contributed by atoms with E-state index in [0.29, 0.717) is 11.4 Å². The average molecular weight is 287 g/mol. The van der Waals surface area contributed by atoms with Gasteiger partial charge in [-0.3, -0.25) is 10.1 Å². The smallest absolute Gasteiger partial charge is 0.270 e. The molecule has 2 N–H and O–H groups in total. The molecule has 1 heterocycles. The Labute approximate surface area is 122 Å². The third-order valence-corrected chi connectivity index (χ3v) is 3.86. The molecular formula is C15H17N3O3. The van der Waals surface area contributed by atoms with Crippen molar-refractivity contribution in [3.05, 3.63) is 40.4 Å². The summed E-state index contributed by atoms with van der Waals surface area (Å²) in [6.07, 6.45) is 4.00. The molecule has 0 saturated heterocycles.